The Morgan fingerprint density at radius 2 is 2.00 bits per heavy atom. The second-order valence-corrected chi connectivity index (χ2v) is 4.77. The highest BCUT2D eigenvalue weighted by Crippen LogP contribution is 2.23. The van der Waals surface area contributed by atoms with Crippen LogP contribution in [0, 0.1) is 6.92 Å². The Morgan fingerprint density at radius 1 is 1.33 bits per heavy atom. The van der Waals surface area contributed by atoms with E-state index in [0.29, 0.717) is 10.7 Å². The summed E-state index contributed by atoms with van der Waals surface area (Å²) < 4.78 is 1.26. The second-order valence-electron chi connectivity index (χ2n) is 3.93. The number of aromatic amines is 1. The Kier molecular flexibility index (Phi) is 3.32. The minimum Gasteiger partial charge on any atom is -0.299 e. The van der Waals surface area contributed by atoms with E-state index in [9.17, 15) is 9.59 Å². The van der Waals surface area contributed by atoms with Gasteiger partial charge >= 0.3 is 0 Å². The fraction of sp³-hybridized carbons (Fsp3) is 0.167. The van der Waals surface area contributed by atoms with Crippen LogP contribution in [0.1, 0.15) is 21.6 Å². The number of hydrogen-bond donors (Lipinski definition) is 1. The molecule has 0 aliphatic rings. The van der Waals surface area contributed by atoms with Gasteiger partial charge in [0.25, 0.3) is 5.56 Å². The molecule has 2 rings (SSSR count). The third kappa shape index (κ3) is 2.09. The van der Waals surface area contributed by atoms with E-state index in [-0.39, 0.29) is 21.7 Å². The minimum atomic E-state index is -0.406. The van der Waals surface area contributed by atoms with Gasteiger partial charge < -0.3 is 0 Å². The van der Waals surface area contributed by atoms with Gasteiger partial charge in [-0.05, 0) is 25.1 Å². The molecule has 4 nitrogen and oxygen atoms in total. The smallest absolute Gasteiger partial charge is 0.277 e. The molecule has 0 fully saturated rings. The van der Waals surface area contributed by atoms with Crippen LogP contribution in [0.2, 0.25) is 10.0 Å². The van der Waals surface area contributed by atoms with Gasteiger partial charge in [0, 0.05) is 23.3 Å². The average molecular weight is 285 g/mol. The number of rotatable bonds is 2. The molecule has 1 aromatic carbocycles. The molecule has 0 atom stereocenters. The predicted molar refractivity (Wildman–Crippen MR) is 70.7 cm³/mol. The number of nitrogens with zero attached hydrogens (tertiary/aromatic N) is 1. The van der Waals surface area contributed by atoms with Crippen molar-refractivity contribution in [2.45, 2.75) is 6.92 Å². The summed E-state index contributed by atoms with van der Waals surface area (Å²) >= 11 is 11.7. The quantitative estimate of drug-likeness (QED) is 0.862. The molecular formula is C12H10Cl2N2O2. The van der Waals surface area contributed by atoms with E-state index in [1.54, 1.807) is 20.0 Å². The monoisotopic (exact) mass is 284 g/mol. The minimum absolute atomic E-state index is 0.0988. The Balaban J connectivity index is 2.58. The largest absolute Gasteiger partial charge is 0.299 e. The Bertz CT molecular complexity index is 686. The highest BCUT2D eigenvalue weighted by Gasteiger charge is 2.21. The first-order valence-corrected chi connectivity index (χ1v) is 5.92. The van der Waals surface area contributed by atoms with Crippen molar-refractivity contribution in [3.63, 3.8) is 0 Å². The first kappa shape index (κ1) is 12.9. The molecule has 0 saturated carbocycles. The maximum Gasteiger partial charge on any atom is 0.277 e. The van der Waals surface area contributed by atoms with Crippen molar-refractivity contribution in [3.8, 4) is 0 Å². The maximum absolute atomic E-state index is 12.3. The van der Waals surface area contributed by atoms with Crippen molar-refractivity contribution >= 4 is 29.0 Å². The first-order chi connectivity index (χ1) is 8.41. The number of H-pyrrole nitrogens is 1. The van der Waals surface area contributed by atoms with Crippen LogP contribution in [0.5, 0.6) is 0 Å². The van der Waals surface area contributed by atoms with Crippen LogP contribution in [0.15, 0.2) is 23.0 Å². The van der Waals surface area contributed by atoms with Crippen molar-refractivity contribution in [2.75, 3.05) is 0 Å². The molecule has 1 heterocycles. The number of benzene rings is 1. The first-order valence-electron chi connectivity index (χ1n) is 5.17. The number of aryl methyl sites for hydroxylation is 2. The number of carbonyl (C=O) groups excluding carboxylic acids is 1. The summed E-state index contributed by atoms with van der Waals surface area (Å²) in [7, 11) is 1.55. The topological polar surface area (TPSA) is 54.9 Å². The molecule has 0 amide bonds. The van der Waals surface area contributed by atoms with Gasteiger partial charge in [-0.2, -0.15) is 0 Å². The van der Waals surface area contributed by atoms with Gasteiger partial charge in [-0.25, -0.2) is 0 Å². The summed E-state index contributed by atoms with van der Waals surface area (Å²) in [5.74, 6) is -0.406. The highest BCUT2D eigenvalue weighted by atomic mass is 35.5. The lowest BCUT2D eigenvalue weighted by atomic mass is 10.0. The Morgan fingerprint density at radius 3 is 2.50 bits per heavy atom. The number of aromatic nitrogens is 2. The SMILES string of the molecule is Cc1[nH]n(C)c(=O)c1C(=O)c1ccc(Cl)cc1Cl. The summed E-state index contributed by atoms with van der Waals surface area (Å²) in [5.41, 5.74) is 0.504. The van der Waals surface area contributed by atoms with Gasteiger partial charge in [-0.15, -0.1) is 0 Å². The number of ketones is 1. The molecule has 0 unspecified atom stereocenters. The molecule has 2 aromatic rings. The van der Waals surface area contributed by atoms with Crippen LogP contribution < -0.4 is 5.56 Å². The molecule has 94 valence electrons. The third-order valence-electron chi connectivity index (χ3n) is 2.63. The summed E-state index contributed by atoms with van der Waals surface area (Å²) in [6.07, 6.45) is 0. The molecular weight excluding hydrogens is 275 g/mol. The van der Waals surface area contributed by atoms with Crippen LogP contribution in [0.4, 0.5) is 0 Å². The van der Waals surface area contributed by atoms with Gasteiger partial charge in [0.15, 0.2) is 0 Å². The van der Waals surface area contributed by atoms with E-state index in [2.05, 4.69) is 5.10 Å². The molecule has 1 aromatic heterocycles. The number of halogens is 2. The molecule has 0 aliphatic carbocycles. The van der Waals surface area contributed by atoms with Crippen LogP contribution in [0.3, 0.4) is 0 Å². The number of carbonyl (C=O) groups is 1. The van der Waals surface area contributed by atoms with Crippen molar-refractivity contribution in [1.82, 2.24) is 9.78 Å². The van der Waals surface area contributed by atoms with E-state index in [1.165, 1.54) is 16.8 Å². The van der Waals surface area contributed by atoms with E-state index in [1.807, 2.05) is 0 Å². The third-order valence-corrected chi connectivity index (χ3v) is 3.18. The van der Waals surface area contributed by atoms with Crippen molar-refractivity contribution < 1.29 is 4.79 Å². The van der Waals surface area contributed by atoms with Crippen LogP contribution in [-0.2, 0) is 7.05 Å². The molecule has 0 saturated heterocycles. The van der Waals surface area contributed by atoms with E-state index < -0.39 is 5.78 Å². The van der Waals surface area contributed by atoms with Crippen LogP contribution >= 0.6 is 23.2 Å². The molecule has 0 radical (unpaired) electrons. The lowest BCUT2D eigenvalue weighted by Gasteiger charge is -2.02. The number of nitrogens with one attached hydrogen (secondary N) is 1. The summed E-state index contributed by atoms with van der Waals surface area (Å²) in [6.45, 7) is 1.67. The zero-order chi connectivity index (χ0) is 13.4. The molecule has 0 aliphatic heterocycles. The second kappa shape index (κ2) is 4.63. The van der Waals surface area contributed by atoms with Crippen molar-refractivity contribution in [1.29, 1.82) is 0 Å². The lowest BCUT2D eigenvalue weighted by molar-refractivity contribution is 0.103. The van der Waals surface area contributed by atoms with E-state index in [0.717, 1.165) is 0 Å². The summed E-state index contributed by atoms with van der Waals surface area (Å²) in [6, 6.07) is 4.55. The molecule has 0 spiro atoms. The number of hydrogen-bond acceptors (Lipinski definition) is 2. The standard InChI is InChI=1S/C12H10Cl2N2O2/c1-6-10(12(18)16(2)15-6)11(17)8-4-3-7(13)5-9(8)14/h3-5,15H,1-2H3. The fourth-order valence-electron chi connectivity index (χ4n) is 1.76. The summed E-state index contributed by atoms with van der Waals surface area (Å²) in [4.78, 5) is 24.1. The molecule has 18 heavy (non-hydrogen) atoms. The van der Waals surface area contributed by atoms with Crippen molar-refractivity contribution in [3.05, 3.63) is 55.4 Å². The van der Waals surface area contributed by atoms with Crippen LogP contribution in [-0.4, -0.2) is 15.6 Å². The fourth-order valence-corrected chi connectivity index (χ4v) is 2.26. The summed E-state index contributed by atoms with van der Waals surface area (Å²) in [5, 5.41) is 3.44. The van der Waals surface area contributed by atoms with Gasteiger partial charge in [-0.3, -0.25) is 19.4 Å². The Hall–Kier alpha value is -1.52. The Labute approximate surface area is 113 Å². The molecule has 6 heteroatoms. The molecule has 1 N–H and O–H groups in total. The van der Waals surface area contributed by atoms with E-state index >= 15 is 0 Å². The maximum atomic E-state index is 12.3. The average Bonchev–Trinajstić information content (AvgIpc) is 2.52. The molecule has 0 bridgehead atoms. The lowest BCUT2D eigenvalue weighted by Crippen LogP contribution is -2.19. The predicted octanol–water partition coefficient (Wildman–Crippen LogP) is 2.56. The zero-order valence-corrected chi connectivity index (χ0v) is 11.3. The van der Waals surface area contributed by atoms with Gasteiger partial charge in [0.1, 0.15) is 5.56 Å². The van der Waals surface area contributed by atoms with Crippen molar-refractivity contribution in [2.24, 2.45) is 7.05 Å². The van der Waals surface area contributed by atoms with Gasteiger partial charge in [0.2, 0.25) is 5.78 Å². The van der Waals surface area contributed by atoms with E-state index in [4.69, 9.17) is 23.2 Å². The van der Waals surface area contributed by atoms with Gasteiger partial charge in [0.05, 0.1) is 5.02 Å². The normalized spacial score (nSPS) is 10.7. The zero-order valence-electron chi connectivity index (χ0n) is 9.75. The van der Waals surface area contributed by atoms with Crippen LogP contribution in [0.25, 0.3) is 0 Å². The highest BCUT2D eigenvalue weighted by molar-refractivity contribution is 6.37. The van der Waals surface area contributed by atoms with Gasteiger partial charge in [-0.1, -0.05) is 23.2 Å².